The predicted molar refractivity (Wildman–Crippen MR) is 88.9 cm³/mol. The largest absolute Gasteiger partial charge is 0.478 e. The number of rotatable bonds is 4. The van der Waals surface area contributed by atoms with Crippen LogP contribution in [0.1, 0.15) is 43.0 Å². The van der Waals surface area contributed by atoms with Crippen molar-refractivity contribution in [1.82, 2.24) is 19.9 Å². The van der Waals surface area contributed by atoms with Gasteiger partial charge in [0.15, 0.2) is 0 Å². The van der Waals surface area contributed by atoms with Crippen LogP contribution in [0.4, 0.5) is 5.82 Å². The van der Waals surface area contributed by atoms with Gasteiger partial charge in [0, 0.05) is 37.0 Å². The maximum absolute atomic E-state index is 5.55. The van der Waals surface area contributed by atoms with Gasteiger partial charge in [0.2, 0.25) is 5.88 Å². The van der Waals surface area contributed by atoms with E-state index in [4.69, 9.17) is 4.74 Å². The van der Waals surface area contributed by atoms with Gasteiger partial charge in [-0.15, -0.1) is 0 Å². The topological polar surface area (TPSA) is 64.0 Å². The fraction of sp³-hybridized carbons (Fsp3) is 0.529. The first kappa shape index (κ1) is 15.6. The molecule has 2 aromatic rings. The summed E-state index contributed by atoms with van der Waals surface area (Å²) in [6.45, 7) is 8.33. The average molecular weight is 313 g/mol. The summed E-state index contributed by atoms with van der Waals surface area (Å²) in [5.74, 6) is 3.57. The lowest BCUT2D eigenvalue weighted by molar-refractivity contribution is 0.325. The van der Waals surface area contributed by atoms with E-state index in [0.29, 0.717) is 18.4 Å². The SMILES string of the molecule is CCOc1cc(N2CCCC(c3ccnc(C)n3)C2)nc(C)n1. The van der Waals surface area contributed by atoms with E-state index in [9.17, 15) is 0 Å². The number of anilines is 1. The van der Waals surface area contributed by atoms with Gasteiger partial charge >= 0.3 is 0 Å². The molecule has 3 rings (SSSR count). The molecule has 1 atom stereocenters. The Labute approximate surface area is 137 Å². The molecule has 0 saturated carbocycles. The van der Waals surface area contributed by atoms with Gasteiger partial charge < -0.3 is 9.64 Å². The maximum atomic E-state index is 5.55. The van der Waals surface area contributed by atoms with Crippen molar-refractivity contribution >= 4 is 5.82 Å². The number of aromatic nitrogens is 4. The van der Waals surface area contributed by atoms with Gasteiger partial charge in [-0.1, -0.05) is 0 Å². The molecule has 1 fully saturated rings. The minimum Gasteiger partial charge on any atom is -0.478 e. The van der Waals surface area contributed by atoms with Crippen LogP contribution >= 0.6 is 0 Å². The summed E-state index contributed by atoms with van der Waals surface area (Å²) in [6.07, 6.45) is 4.12. The molecule has 3 heterocycles. The molecule has 1 aliphatic heterocycles. The quantitative estimate of drug-likeness (QED) is 0.864. The molecule has 6 nitrogen and oxygen atoms in total. The van der Waals surface area contributed by atoms with Gasteiger partial charge in [-0.25, -0.2) is 15.0 Å². The minimum absolute atomic E-state index is 0.413. The second kappa shape index (κ2) is 6.89. The van der Waals surface area contributed by atoms with E-state index in [-0.39, 0.29) is 0 Å². The average Bonchev–Trinajstić information content (AvgIpc) is 2.55. The molecule has 6 heteroatoms. The summed E-state index contributed by atoms with van der Waals surface area (Å²) in [5, 5.41) is 0. The van der Waals surface area contributed by atoms with Crippen molar-refractivity contribution in [2.75, 3.05) is 24.6 Å². The first-order chi connectivity index (χ1) is 11.2. The van der Waals surface area contributed by atoms with Crippen molar-refractivity contribution in [3.8, 4) is 5.88 Å². The Morgan fingerprint density at radius 3 is 2.87 bits per heavy atom. The monoisotopic (exact) mass is 313 g/mol. The molecule has 122 valence electrons. The first-order valence-corrected chi connectivity index (χ1v) is 8.18. The van der Waals surface area contributed by atoms with Crippen LogP contribution < -0.4 is 9.64 Å². The maximum Gasteiger partial charge on any atom is 0.218 e. The Bertz CT molecular complexity index is 676. The Kier molecular flexibility index (Phi) is 4.69. The van der Waals surface area contributed by atoms with Crippen molar-refractivity contribution in [2.45, 2.75) is 39.5 Å². The van der Waals surface area contributed by atoms with E-state index in [2.05, 4.69) is 24.8 Å². The third-order valence-corrected chi connectivity index (χ3v) is 4.05. The molecular weight excluding hydrogens is 290 g/mol. The second-order valence-electron chi connectivity index (χ2n) is 5.86. The number of hydrogen-bond donors (Lipinski definition) is 0. The molecule has 0 N–H and O–H groups in total. The number of aryl methyl sites for hydroxylation is 2. The molecule has 0 bridgehead atoms. The van der Waals surface area contributed by atoms with E-state index in [1.807, 2.05) is 39.1 Å². The normalized spacial score (nSPS) is 18.0. The highest BCUT2D eigenvalue weighted by Gasteiger charge is 2.24. The summed E-state index contributed by atoms with van der Waals surface area (Å²) in [5.41, 5.74) is 1.12. The lowest BCUT2D eigenvalue weighted by Crippen LogP contribution is -2.35. The van der Waals surface area contributed by atoms with Gasteiger partial charge in [0.1, 0.15) is 17.5 Å². The zero-order valence-electron chi connectivity index (χ0n) is 14.0. The van der Waals surface area contributed by atoms with Crippen LogP contribution in [0.2, 0.25) is 0 Å². The highest BCUT2D eigenvalue weighted by atomic mass is 16.5. The van der Waals surface area contributed by atoms with Crippen molar-refractivity contribution in [3.63, 3.8) is 0 Å². The lowest BCUT2D eigenvalue weighted by Gasteiger charge is -2.33. The number of nitrogens with zero attached hydrogens (tertiary/aromatic N) is 5. The number of ether oxygens (including phenoxy) is 1. The number of hydrogen-bond acceptors (Lipinski definition) is 6. The molecule has 23 heavy (non-hydrogen) atoms. The van der Waals surface area contributed by atoms with Crippen LogP contribution in [-0.4, -0.2) is 39.6 Å². The predicted octanol–water partition coefficient (Wildman–Crippen LogP) is 2.67. The summed E-state index contributed by atoms with van der Waals surface area (Å²) in [4.78, 5) is 20.0. The zero-order valence-corrected chi connectivity index (χ0v) is 14.0. The standard InChI is InChI=1S/C17H23N5O/c1-4-23-17-10-16(20-13(3)21-17)22-9-5-6-14(11-22)15-7-8-18-12(2)19-15/h7-8,10,14H,4-6,9,11H2,1-3H3. The molecule has 1 aliphatic rings. The van der Waals surface area contributed by atoms with Crippen molar-refractivity contribution < 1.29 is 4.74 Å². The van der Waals surface area contributed by atoms with E-state index >= 15 is 0 Å². The molecule has 1 saturated heterocycles. The summed E-state index contributed by atoms with van der Waals surface area (Å²) in [6, 6.07) is 3.96. The Balaban J connectivity index is 1.81. The Morgan fingerprint density at radius 2 is 2.09 bits per heavy atom. The number of piperidine rings is 1. The molecule has 1 unspecified atom stereocenters. The molecule has 0 radical (unpaired) electrons. The molecule has 0 spiro atoms. The zero-order chi connectivity index (χ0) is 16.2. The van der Waals surface area contributed by atoms with E-state index in [1.54, 1.807) is 0 Å². The van der Waals surface area contributed by atoms with E-state index in [1.165, 1.54) is 0 Å². The van der Waals surface area contributed by atoms with Crippen molar-refractivity contribution in [1.29, 1.82) is 0 Å². The smallest absolute Gasteiger partial charge is 0.218 e. The summed E-state index contributed by atoms with van der Waals surface area (Å²) >= 11 is 0. The first-order valence-electron chi connectivity index (χ1n) is 8.18. The summed E-state index contributed by atoms with van der Waals surface area (Å²) in [7, 11) is 0. The van der Waals surface area contributed by atoms with Crippen LogP contribution in [0.15, 0.2) is 18.3 Å². The third-order valence-electron chi connectivity index (χ3n) is 4.05. The van der Waals surface area contributed by atoms with E-state index in [0.717, 1.165) is 49.1 Å². The highest BCUT2D eigenvalue weighted by molar-refractivity contribution is 5.43. The lowest BCUT2D eigenvalue weighted by atomic mass is 9.94. The van der Waals surface area contributed by atoms with Crippen LogP contribution in [0, 0.1) is 13.8 Å². The minimum atomic E-state index is 0.413. The molecular formula is C17H23N5O. The highest BCUT2D eigenvalue weighted by Crippen LogP contribution is 2.29. The van der Waals surface area contributed by atoms with Crippen molar-refractivity contribution in [2.24, 2.45) is 0 Å². The van der Waals surface area contributed by atoms with Crippen LogP contribution in [0.3, 0.4) is 0 Å². The van der Waals surface area contributed by atoms with Crippen LogP contribution in [-0.2, 0) is 0 Å². The Hall–Kier alpha value is -2.24. The van der Waals surface area contributed by atoms with Gasteiger partial charge in [0.25, 0.3) is 0 Å². The fourth-order valence-corrected chi connectivity index (χ4v) is 3.04. The van der Waals surface area contributed by atoms with Gasteiger partial charge in [-0.05, 0) is 39.7 Å². The van der Waals surface area contributed by atoms with Crippen molar-refractivity contribution in [3.05, 3.63) is 35.7 Å². The Morgan fingerprint density at radius 1 is 1.22 bits per heavy atom. The third kappa shape index (κ3) is 3.75. The fourth-order valence-electron chi connectivity index (χ4n) is 3.04. The second-order valence-corrected chi connectivity index (χ2v) is 5.86. The summed E-state index contributed by atoms with van der Waals surface area (Å²) < 4.78 is 5.55. The van der Waals surface area contributed by atoms with Gasteiger partial charge in [-0.2, -0.15) is 4.98 Å². The molecule has 0 amide bonds. The van der Waals surface area contributed by atoms with Gasteiger partial charge in [0.05, 0.1) is 6.61 Å². The molecule has 0 aromatic carbocycles. The molecule has 0 aliphatic carbocycles. The van der Waals surface area contributed by atoms with Gasteiger partial charge in [-0.3, -0.25) is 0 Å². The van der Waals surface area contributed by atoms with Crippen LogP contribution in [0.25, 0.3) is 0 Å². The molecule has 2 aromatic heterocycles. The van der Waals surface area contributed by atoms with E-state index < -0.39 is 0 Å². The van der Waals surface area contributed by atoms with Crippen LogP contribution in [0.5, 0.6) is 5.88 Å².